The molecule has 2 heteroatoms. The molecule has 0 aromatic heterocycles. The van der Waals surface area contributed by atoms with E-state index in [-0.39, 0.29) is 0 Å². The monoisotopic (exact) mass is 224 g/mol. The van der Waals surface area contributed by atoms with Crippen LogP contribution in [0.15, 0.2) is 0 Å². The quantitative estimate of drug-likeness (QED) is 0.741. The Morgan fingerprint density at radius 3 is 2.38 bits per heavy atom. The zero-order valence-electron chi connectivity index (χ0n) is 11.2. The van der Waals surface area contributed by atoms with Gasteiger partial charge in [0.05, 0.1) is 0 Å². The van der Waals surface area contributed by atoms with Crippen molar-refractivity contribution >= 4 is 0 Å². The fourth-order valence-corrected chi connectivity index (χ4v) is 3.72. The number of hydrogen-bond acceptors (Lipinski definition) is 2. The summed E-state index contributed by atoms with van der Waals surface area (Å²) in [5, 5.41) is 0. The van der Waals surface area contributed by atoms with Crippen molar-refractivity contribution in [2.24, 2.45) is 23.5 Å². The van der Waals surface area contributed by atoms with Gasteiger partial charge in [0.1, 0.15) is 0 Å². The number of likely N-dealkylation sites (tertiary alicyclic amines) is 1. The first-order valence-corrected chi connectivity index (χ1v) is 7.06. The molecule has 0 aromatic rings. The second-order valence-corrected chi connectivity index (χ2v) is 6.52. The van der Waals surface area contributed by atoms with Crippen LogP contribution in [0.2, 0.25) is 0 Å². The summed E-state index contributed by atoms with van der Waals surface area (Å²) in [5.74, 6) is 2.57. The average Bonchev–Trinajstić information content (AvgIpc) is 2.20. The molecule has 2 fully saturated rings. The lowest BCUT2D eigenvalue weighted by Crippen LogP contribution is -2.53. The molecule has 0 bridgehead atoms. The molecule has 1 aliphatic carbocycles. The van der Waals surface area contributed by atoms with Gasteiger partial charge in [-0.05, 0) is 37.0 Å². The van der Waals surface area contributed by atoms with Gasteiger partial charge in [0, 0.05) is 25.2 Å². The van der Waals surface area contributed by atoms with E-state index in [0.717, 1.165) is 30.3 Å². The molecule has 0 amide bonds. The Balaban J connectivity index is 1.99. The first-order valence-electron chi connectivity index (χ1n) is 7.06. The SMILES string of the molecule is CC1CCC(C)C(N2CC(C)CC(N)C2)C1. The molecule has 1 saturated carbocycles. The summed E-state index contributed by atoms with van der Waals surface area (Å²) in [6.45, 7) is 9.60. The van der Waals surface area contributed by atoms with Gasteiger partial charge in [0.15, 0.2) is 0 Å². The number of nitrogens with two attached hydrogens (primary N) is 1. The van der Waals surface area contributed by atoms with Gasteiger partial charge in [-0.15, -0.1) is 0 Å². The highest BCUT2D eigenvalue weighted by Crippen LogP contribution is 2.33. The van der Waals surface area contributed by atoms with Crippen molar-refractivity contribution in [3.8, 4) is 0 Å². The molecule has 0 spiro atoms. The summed E-state index contributed by atoms with van der Waals surface area (Å²) in [5.41, 5.74) is 6.16. The topological polar surface area (TPSA) is 29.3 Å². The molecular weight excluding hydrogens is 196 g/mol. The molecule has 2 nitrogen and oxygen atoms in total. The van der Waals surface area contributed by atoms with Crippen LogP contribution in [-0.4, -0.2) is 30.1 Å². The maximum atomic E-state index is 6.16. The molecule has 5 atom stereocenters. The Morgan fingerprint density at radius 1 is 0.938 bits per heavy atom. The molecule has 5 unspecified atom stereocenters. The second-order valence-electron chi connectivity index (χ2n) is 6.52. The predicted molar refractivity (Wildman–Crippen MR) is 69.3 cm³/mol. The molecule has 1 heterocycles. The van der Waals surface area contributed by atoms with Crippen molar-refractivity contribution in [3.63, 3.8) is 0 Å². The zero-order valence-corrected chi connectivity index (χ0v) is 11.2. The normalized spacial score (nSPS) is 46.9. The summed E-state index contributed by atoms with van der Waals surface area (Å²) in [7, 11) is 0. The molecule has 0 aromatic carbocycles. The Hall–Kier alpha value is -0.0800. The minimum Gasteiger partial charge on any atom is -0.327 e. The minimum absolute atomic E-state index is 0.410. The summed E-state index contributed by atoms with van der Waals surface area (Å²) in [6, 6.07) is 1.21. The standard InChI is InChI=1S/C14H28N2/c1-10-4-5-12(3)14(7-10)16-8-11(2)6-13(15)9-16/h10-14H,4-9,15H2,1-3H3. The van der Waals surface area contributed by atoms with Gasteiger partial charge in [0.2, 0.25) is 0 Å². The van der Waals surface area contributed by atoms with Gasteiger partial charge in [-0.1, -0.05) is 27.2 Å². The van der Waals surface area contributed by atoms with Crippen LogP contribution in [0.3, 0.4) is 0 Å². The number of piperidine rings is 1. The Morgan fingerprint density at radius 2 is 1.69 bits per heavy atom. The highest BCUT2D eigenvalue weighted by Gasteiger charge is 2.33. The summed E-state index contributed by atoms with van der Waals surface area (Å²) in [6.07, 6.45) is 5.44. The Kier molecular flexibility index (Phi) is 3.91. The third-order valence-electron chi connectivity index (χ3n) is 4.60. The van der Waals surface area contributed by atoms with Crippen molar-refractivity contribution in [1.82, 2.24) is 4.90 Å². The van der Waals surface area contributed by atoms with Gasteiger partial charge in [-0.3, -0.25) is 4.90 Å². The van der Waals surface area contributed by atoms with Crippen LogP contribution in [0.1, 0.15) is 46.5 Å². The van der Waals surface area contributed by atoms with Crippen LogP contribution in [0, 0.1) is 17.8 Å². The van der Waals surface area contributed by atoms with Crippen LogP contribution in [0.5, 0.6) is 0 Å². The van der Waals surface area contributed by atoms with E-state index in [9.17, 15) is 0 Å². The zero-order chi connectivity index (χ0) is 11.7. The summed E-state index contributed by atoms with van der Waals surface area (Å²) >= 11 is 0. The lowest BCUT2D eigenvalue weighted by atomic mass is 9.78. The van der Waals surface area contributed by atoms with E-state index in [4.69, 9.17) is 5.73 Å². The fourth-order valence-electron chi connectivity index (χ4n) is 3.72. The number of nitrogens with zero attached hydrogens (tertiary/aromatic N) is 1. The molecule has 2 N–H and O–H groups in total. The van der Waals surface area contributed by atoms with E-state index < -0.39 is 0 Å². The predicted octanol–water partition coefficient (Wildman–Crippen LogP) is 2.48. The molecule has 2 aliphatic rings. The maximum Gasteiger partial charge on any atom is 0.0170 e. The van der Waals surface area contributed by atoms with E-state index in [2.05, 4.69) is 25.7 Å². The lowest BCUT2D eigenvalue weighted by molar-refractivity contribution is 0.0488. The van der Waals surface area contributed by atoms with E-state index >= 15 is 0 Å². The molecule has 1 aliphatic heterocycles. The van der Waals surface area contributed by atoms with Crippen molar-refractivity contribution in [2.45, 2.75) is 58.5 Å². The summed E-state index contributed by atoms with van der Waals surface area (Å²) in [4.78, 5) is 2.69. The van der Waals surface area contributed by atoms with Gasteiger partial charge >= 0.3 is 0 Å². The molecule has 94 valence electrons. The molecule has 2 rings (SSSR count). The Labute approximate surface area is 101 Å². The van der Waals surface area contributed by atoms with E-state index in [0.29, 0.717) is 6.04 Å². The molecule has 16 heavy (non-hydrogen) atoms. The highest BCUT2D eigenvalue weighted by molar-refractivity contribution is 4.89. The molecular formula is C14H28N2. The van der Waals surface area contributed by atoms with Crippen LogP contribution in [0.4, 0.5) is 0 Å². The minimum atomic E-state index is 0.410. The second kappa shape index (κ2) is 5.05. The smallest absolute Gasteiger partial charge is 0.0170 e. The van der Waals surface area contributed by atoms with Crippen molar-refractivity contribution in [1.29, 1.82) is 0 Å². The van der Waals surface area contributed by atoms with Gasteiger partial charge in [0.25, 0.3) is 0 Å². The molecule has 0 radical (unpaired) electrons. The Bertz CT molecular complexity index is 219. The molecule has 1 saturated heterocycles. The third kappa shape index (κ3) is 2.78. The van der Waals surface area contributed by atoms with Gasteiger partial charge in [-0.2, -0.15) is 0 Å². The van der Waals surface area contributed by atoms with E-state index in [1.165, 1.54) is 32.2 Å². The van der Waals surface area contributed by atoms with Crippen LogP contribution >= 0.6 is 0 Å². The number of rotatable bonds is 1. The van der Waals surface area contributed by atoms with Gasteiger partial charge < -0.3 is 5.73 Å². The highest BCUT2D eigenvalue weighted by atomic mass is 15.2. The third-order valence-corrected chi connectivity index (χ3v) is 4.60. The van der Waals surface area contributed by atoms with Gasteiger partial charge in [-0.25, -0.2) is 0 Å². The van der Waals surface area contributed by atoms with Crippen molar-refractivity contribution in [2.75, 3.05) is 13.1 Å². The number of hydrogen-bond donors (Lipinski definition) is 1. The van der Waals surface area contributed by atoms with Crippen molar-refractivity contribution < 1.29 is 0 Å². The van der Waals surface area contributed by atoms with Crippen LogP contribution in [0.25, 0.3) is 0 Å². The largest absolute Gasteiger partial charge is 0.327 e. The fraction of sp³-hybridized carbons (Fsp3) is 1.00. The first-order chi connectivity index (χ1) is 7.56. The van der Waals surface area contributed by atoms with Crippen LogP contribution < -0.4 is 5.73 Å². The lowest BCUT2D eigenvalue weighted by Gasteiger charge is -2.45. The maximum absolute atomic E-state index is 6.16. The average molecular weight is 224 g/mol. The first kappa shape index (κ1) is 12.4. The summed E-state index contributed by atoms with van der Waals surface area (Å²) < 4.78 is 0. The van der Waals surface area contributed by atoms with Crippen molar-refractivity contribution in [3.05, 3.63) is 0 Å². The van der Waals surface area contributed by atoms with Crippen LogP contribution in [-0.2, 0) is 0 Å². The van der Waals surface area contributed by atoms with E-state index in [1.807, 2.05) is 0 Å². The van der Waals surface area contributed by atoms with E-state index in [1.54, 1.807) is 0 Å².